The minimum atomic E-state index is -0.742. The van der Waals surface area contributed by atoms with Crippen LogP contribution in [0.15, 0.2) is 84.9 Å². The number of imidazole rings is 1. The van der Waals surface area contributed by atoms with Gasteiger partial charge in [-0.2, -0.15) is 0 Å². The van der Waals surface area contributed by atoms with Gasteiger partial charge >= 0.3 is 0 Å². The lowest BCUT2D eigenvalue weighted by Gasteiger charge is -2.14. The van der Waals surface area contributed by atoms with Gasteiger partial charge in [0.25, 0.3) is 0 Å². The molecule has 4 heteroatoms. The van der Waals surface area contributed by atoms with E-state index >= 15 is 0 Å². The molecule has 0 aliphatic carbocycles. The molecule has 1 aromatic heterocycles. The molecule has 28 heavy (non-hydrogen) atoms. The van der Waals surface area contributed by atoms with Crippen LogP contribution >= 0.6 is 0 Å². The van der Waals surface area contributed by atoms with E-state index < -0.39 is 6.10 Å². The van der Waals surface area contributed by atoms with Crippen molar-refractivity contribution in [2.45, 2.75) is 25.5 Å². The summed E-state index contributed by atoms with van der Waals surface area (Å²) in [5.74, 6) is 1.59. The number of ether oxygens (including phenoxy) is 1. The molecule has 0 amide bonds. The second-order valence-electron chi connectivity index (χ2n) is 6.79. The number of rotatable bonds is 8. The van der Waals surface area contributed by atoms with Crippen LogP contribution in [-0.2, 0) is 6.54 Å². The normalized spacial score (nSPS) is 12.2. The Morgan fingerprint density at radius 2 is 1.50 bits per heavy atom. The van der Waals surface area contributed by atoms with Crippen LogP contribution in [0, 0.1) is 0 Å². The molecule has 4 aromatic rings. The summed E-state index contributed by atoms with van der Waals surface area (Å²) in [5.41, 5.74) is 2.82. The van der Waals surface area contributed by atoms with Crippen molar-refractivity contribution in [2.24, 2.45) is 0 Å². The summed E-state index contributed by atoms with van der Waals surface area (Å²) >= 11 is 0. The van der Waals surface area contributed by atoms with Crippen LogP contribution in [0.1, 0.15) is 30.3 Å². The highest BCUT2D eigenvalue weighted by molar-refractivity contribution is 5.76. The molecule has 4 rings (SSSR count). The predicted octanol–water partition coefficient (Wildman–Crippen LogP) is 4.98. The SMILES string of the molecule is O[C@H](c1ccccc1)c1nc2ccccc2n1CCCCOc1ccccc1. The van der Waals surface area contributed by atoms with Gasteiger partial charge in [-0.1, -0.05) is 60.7 Å². The zero-order valence-corrected chi connectivity index (χ0v) is 15.7. The molecule has 0 fully saturated rings. The molecule has 0 aliphatic rings. The van der Waals surface area contributed by atoms with Gasteiger partial charge in [0.2, 0.25) is 0 Å². The third-order valence-electron chi connectivity index (χ3n) is 4.83. The Labute approximate surface area is 165 Å². The molecule has 1 heterocycles. The number of hydrogen-bond donors (Lipinski definition) is 1. The van der Waals surface area contributed by atoms with E-state index in [0.717, 1.165) is 41.7 Å². The number of para-hydroxylation sites is 3. The smallest absolute Gasteiger partial charge is 0.143 e. The molecular formula is C24H24N2O2. The number of unbranched alkanes of at least 4 members (excludes halogenated alkanes) is 1. The van der Waals surface area contributed by atoms with Crippen LogP contribution in [0.5, 0.6) is 5.75 Å². The fourth-order valence-corrected chi connectivity index (χ4v) is 3.40. The molecule has 1 N–H and O–H groups in total. The Balaban J connectivity index is 1.47. The van der Waals surface area contributed by atoms with Gasteiger partial charge in [-0.3, -0.25) is 0 Å². The van der Waals surface area contributed by atoms with Crippen LogP contribution in [0.4, 0.5) is 0 Å². The number of aryl methyl sites for hydroxylation is 1. The monoisotopic (exact) mass is 372 g/mol. The van der Waals surface area contributed by atoms with Gasteiger partial charge < -0.3 is 14.4 Å². The molecule has 4 nitrogen and oxygen atoms in total. The van der Waals surface area contributed by atoms with Gasteiger partial charge in [-0.15, -0.1) is 0 Å². The molecule has 142 valence electrons. The molecule has 3 aromatic carbocycles. The summed E-state index contributed by atoms with van der Waals surface area (Å²) < 4.78 is 7.92. The molecule has 0 unspecified atom stereocenters. The second kappa shape index (κ2) is 8.72. The van der Waals surface area contributed by atoms with Crippen molar-refractivity contribution in [2.75, 3.05) is 6.61 Å². The Kier molecular flexibility index (Phi) is 5.69. The van der Waals surface area contributed by atoms with Crippen molar-refractivity contribution in [3.8, 4) is 5.75 Å². The Morgan fingerprint density at radius 1 is 0.821 bits per heavy atom. The van der Waals surface area contributed by atoms with Crippen LogP contribution in [0.25, 0.3) is 11.0 Å². The third-order valence-corrected chi connectivity index (χ3v) is 4.83. The van der Waals surface area contributed by atoms with E-state index in [0.29, 0.717) is 12.4 Å². The molecule has 0 aliphatic heterocycles. The zero-order valence-electron chi connectivity index (χ0n) is 15.7. The van der Waals surface area contributed by atoms with E-state index in [2.05, 4.69) is 10.6 Å². The second-order valence-corrected chi connectivity index (χ2v) is 6.79. The van der Waals surface area contributed by atoms with Crippen LogP contribution in [0.3, 0.4) is 0 Å². The minimum absolute atomic E-state index is 0.674. The fraction of sp³-hybridized carbons (Fsp3) is 0.208. The number of nitrogens with zero attached hydrogens (tertiary/aromatic N) is 2. The van der Waals surface area contributed by atoms with Crippen LogP contribution in [-0.4, -0.2) is 21.3 Å². The maximum atomic E-state index is 10.9. The molecule has 0 saturated carbocycles. The van der Waals surface area contributed by atoms with Gasteiger partial charge in [0.1, 0.15) is 17.7 Å². The topological polar surface area (TPSA) is 47.3 Å². The molecule has 1 atom stereocenters. The van der Waals surface area contributed by atoms with E-state index in [1.54, 1.807) is 0 Å². The highest BCUT2D eigenvalue weighted by Crippen LogP contribution is 2.26. The van der Waals surface area contributed by atoms with Crippen LogP contribution in [0.2, 0.25) is 0 Å². The van der Waals surface area contributed by atoms with Crippen LogP contribution < -0.4 is 4.74 Å². The number of hydrogen-bond acceptors (Lipinski definition) is 3. The van der Waals surface area contributed by atoms with Gasteiger partial charge in [0, 0.05) is 6.54 Å². The number of aliphatic hydroxyl groups is 1. The molecule has 0 bridgehead atoms. The van der Waals surface area contributed by atoms with E-state index in [9.17, 15) is 5.11 Å². The number of aliphatic hydroxyl groups excluding tert-OH is 1. The lowest BCUT2D eigenvalue weighted by molar-refractivity contribution is 0.204. The lowest BCUT2D eigenvalue weighted by atomic mass is 10.1. The summed E-state index contributed by atoms with van der Waals surface area (Å²) in [4.78, 5) is 4.72. The fourth-order valence-electron chi connectivity index (χ4n) is 3.40. The summed E-state index contributed by atoms with van der Waals surface area (Å²) in [5, 5.41) is 10.9. The van der Waals surface area contributed by atoms with Gasteiger partial charge in [-0.05, 0) is 42.7 Å². The van der Waals surface area contributed by atoms with Crippen molar-refractivity contribution >= 4 is 11.0 Å². The van der Waals surface area contributed by atoms with Crippen molar-refractivity contribution in [1.82, 2.24) is 9.55 Å². The van der Waals surface area contributed by atoms with Gasteiger partial charge in [-0.25, -0.2) is 4.98 Å². The first kappa shape index (κ1) is 18.3. The first-order chi connectivity index (χ1) is 13.8. The van der Waals surface area contributed by atoms with E-state index in [4.69, 9.17) is 9.72 Å². The molecule has 0 spiro atoms. The minimum Gasteiger partial charge on any atom is -0.494 e. The Hall–Kier alpha value is -3.11. The average Bonchev–Trinajstić information content (AvgIpc) is 3.13. The lowest BCUT2D eigenvalue weighted by Crippen LogP contribution is -2.11. The van der Waals surface area contributed by atoms with E-state index in [-0.39, 0.29) is 0 Å². The third kappa shape index (κ3) is 4.07. The van der Waals surface area contributed by atoms with Crippen molar-refractivity contribution in [3.63, 3.8) is 0 Å². The summed E-state index contributed by atoms with van der Waals surface area (Å²) in [6, 6.07) is 27.6. The highest BCUT2D eigenvalue weighted by atomic mass is 16.5. The van der Waals surface area contributed by atoms with Gasteiger partial charge in [0.05, 0.1) is 17.6 Å². The van der Waals surface area contributed by atoms with Gasteiger partial charge in [0.15, 0.2) is 0 Å². The first-order valence-electron chi connectivity index (χ1n) is 9.69. The van der Waals surface area contributed by atoms with Crippen molar-refractivity contribution < 1.29 is 9.84 Å². The predicted molar refractivity (Wildman–Crippen MR) is 111 cm³/mol. The number of benzene rings is 3. The zero-order chi connectivity index (χ0) is 19.2. The Morgan fingerprint density at radius 3 is 2.29 bits per heavy atom. The maximum Gasteiger partial charge on any atom is 0.143 e. The average molecular weight is 372 g/mol. The van der Waals surface area contributed by atoms with Crippen molar-refractivity contribution in [1.29, 1.82) is 0 Å². The van der Waals surface area contributed by atoms with E-state index in [1.165, 1.54) is 0 Å². The molecular weight excluding hydrogens is 348 g/mol. The molecule has 0 radical (unpaired) electrons. The molecule has 0 saturated heterocycles. The highest BCUT2D eigenvalue weighted by Gasteiger charge is 2.19. The largest absolute Gasteiger partial charge is 0.494 e. The standard InChI is InChI=1S/C24H24N2O2/c27-23(19-11-3-1-4-12-19)24-25-21-15-7-8-16-22(21)26(24)17-9-10-18-28-20-13-5-2-6-14-20/h1-8,11-16,23,27H,9-10,17-18H2/t23-/m1/s1. The number of aromatic nitrogens is 2. The first-order valence-corrected chi connectivity index (χ1v) is 9.69. The summed E-state index contributed by atoms with van der Waals surface area (Å²) in [6.07, 6.45) is 1.14. The Bertz CT molecular complexity index is 1010. The maximum absolute atomic E-state index is 10.9. The summed E-state index contributed by atoms with van der Waals surface area (Å²) in [7, 11) is 0. The van der Waals surface area contributed by atoms with Crippen molar-refractivity contribution in [3.05, 3.63) is 96.3 Å². The quantitative estimate of drug-likeness (QED) is 0.444. The summed E-state index contributed by atoms with van der Waals surface area (Å²) in [6.45, 7) is 1.46. The number of fused-ring (bicyclic) bond motifs is 1. The van der Waals surface area contributed by atoms with E-state index in [1.807, 2.05) is 78.9 Å².